The summed E-state index contributed by atoms with van der Waals surface area (Å²) in [6, 6.07) is 9.93. The van der Waals surface area contributed by atoms with Gasteiger partial charge in [-0.2, -0.15) is 0 Å². The second kappa shape index (κ2) is 7.39. The van der Waals surface area contributed by atoms with Gasteiger partial charge in [0.05, 0.1) is 18.8 Å². The van der Waals surface area contributed by atoms with Gasteiger partial charge < -0.3 is 14.9 Å². The van der Waals surface area contributed by atoms with Crippen molar-refractivity contribution in [2.75, 3.05) is 6.61 Å². The number of aliphatic hydroxyl groups excluding tert-OH is 2. The molecule has 3 nitrogen and oxygen atoms in total. The maximum Gasteiger partial charge on any atom is 0.0716 e. The van der Waals surface area contributed by atoms with Crippen LogP contribution in [0.5, 0.6) is 0 Å². The van der Waals surface area contributed by atoms with Crippen LogP contribution in [0.3, 0.4) is 0 Å². The van der Waals surface area contributed by atoms with Crippen LogP contribution in [0.15, 0.2) is 30.3 Å². The second-order valence-electron chi connectivity index (χ2n) is 4.07. The number of rotatable bonds is 7. The zero-order valence-corrected chi connectivity index (χ0v) is 9.67. The highest BCUT2D eigenvalue weighted by Gasteiger charge is 2.07. The number of ether oxygens (including phenoxy) is 1. The molecule has 2 atom stereocenters. The van der Waals surface area contributed by atoms with Gasteiger partial charge in [0.25, 0.3) is 0 Å². The summed E-state index contributed by atoms with van der Waals surface area (Å²) in [5, 5.41) is 18.5. The summed E-state index contributed by atoms with van der Waals surface area (Å²) >= 11 is 0. The molecule has 3 heteroatoms. The Labute approximate surface area is 96.7 Å². The molecule has 0 bridgehead atoms. The fourth-order valence-corrected chi connectivity index (χ4v) is 1.50. The Kier molecular flexibility index (Phi) is 6.08. The maximum absolute atomic E-state index is 9.48. The minimum absolute atomic E-state index is 0.411. The summed E-state index contributed by atoms with van der Waals surface area (Å²) in [7, 11) is 0. The Hall–Kier alpha value is -0.900. The third-order valence-electron chi connectivity index (χ3n) is 2.32. The molecule has 1 aromatic carbocycles. The molecule has 90 valence electrons. The van der Waals surface area contributed by atoms with E-state index in [-0.39, 0.29) is 0 Å². The third-order valence-corrected chi connectivity index (χ3v) is 2.32. The molecule has 0 unspecified atom stereocenters. The minimum Gasteiger partial charge on any atom is -0.393 e. The highest BCUT2D eigenvalue weighted by molar-refractivity contribution is 5.13. The van der Waals surface area contributed by atoms with Crippen molar-refractivity contribution < 1.29 is 14.9 Å². The highest BCUT2D eigenvalue weighted by Crippen LogP contribution is 2.04. The van der Waals surface area contributed by atoms with Crippen LogP contribution in [0.4, 0.5) is 0 Å². The largest absolute Gasteiger partial charge is 0.393 e. The molecule has 0 aliphatic carbocycles. The average Bonchev–Trinajstić information content (AvgIpc) is 2.25. The Morgan fingerprint density at radius 2 is 1.88 bits per heavy atom. The van der Waals surface area contributed by atoms with Crippen molar-refractivity contribution in [3.8, 4) is 0 Å². The molecular formula is C13H20O3. The molecule has 2 N–H and O–H groups in total. The molecule has 0 amide bonds. The van der Waals surface area contributed by atoms with E-state index in [9.17, 15) is 5.11 Å². The predicted octanol–water partition coefficient (Wildman–Crippen LogP) is 1.73. The van der Waals surface area contributed by atoms with Crippen LogP contribution in [0, 0.1) is 0 Å². The Balaban J connectivity index is 2.08. The van der Waals surface area contributed by atoms with Crippen molar-refractivity contribution >= 4 is 0 Å². The van der Waals surface area contributed by atoms with Crippen LogP contribution in [-0.2, 0) is 11.3 Å². The summed E-state index contributed by atoms with van der Waals surface area (Å²) in [5.74, 6) is 0. The first kappa shape index (κ1) is 13.2. The van der Waals surface area contributed by atoms with Crippen LogP contribution in [0.1, 0.15) is 25.3 Å². The van der Waals surface area contributed by atoms with E-state index in [1.807, 2.05) is 30.3 Å². The standard InChI is InChI=1S/C13H20O3/c1-11(14)9-13(15)7-8-16-10-12-5-3-2-4-6-12/h2-6,11,13-15H,7-10H2,1H3/t11-,13+/m0/s1. The molecule has 0 aliphatic heterocycles. The van der Waals surface area contributed by atoms with Crippen LogP contribution in [-0.4, -0.2) is 29.0 Å². The van der Waals surface area contributed by atoms with Crippen molar-refractivity contribution in [1.82, 2.24) is 0 Å². The van der Waals surface area contributed by atoms with Gasteiger partial charge in [-0.1, -0.05) is 30.3 Å². The van der Waals surface area contributed by atoms with Gasteiger partial charge in [-0.3, -0.25) is 0 Å². The van der Waals surface area contributed by atoms with Crippen LogP contribution in [0.25, 0.3) is 0 Å². The lowest BCUT2D eigenvalue weighted by atomic mass is 10.1. The number of hydrogen-bond donors (Lipinski definition) is 2. The van der Waals surface area contributed by atoms with Crippen molar-refractivity contribution in [2.24, 2.45) is 0 Å². The lowest BCUT2D eigenvalue weighted by Gasteiger charge is -2.12. The normalized spacial score (nSPS) is 14.7. The molecule has 1 aromatic rings. The molecule has 16 heavy (non-hydrogen) atoms. The number of benzene rings is 1. The molecule has 0 fully saturated rings. The minimum atomic E-state index is -0.476. The van der Waals surface area contributed by atoms with Crippen molar-refractivity contribution in [2.45, 2.75) is 38.6 Å². The zero-order chi connectivity index (χ0) is 11.8. The van der Waals surface area contributed by atoms with E-state index in [1.54, 1.807) is 6.92 Å². The quantitative estimate of drug-likeness (QED) is 0.693. The van der Waals surface area contributed by atoms with E-state index in [2.05, 4.69) is 0 Å². The van der Waals surface area contributed by atoms with Crippen molar-refractivity contribution in [1.29, 1.82) is 0 Å². The van der Waals surface area contributed by atoms with Gasteiger partial charge in [0, 0.05) is 6.61 Å². The molecule has 0 heterocycles. The van der Waals surface area contributed by atoms with Gasteiger partial charge in [0.1, 0.15) is 0 Å². The van der Waals surface area contributed by atoms with Crippen LogP contribution < -0.4 is 0 Å². The Bertz CT molecular complexity index is 272. The molecule has 1 rings (SSSR count). The lowest BCUT2D eigenvalue weighted by Crippen LogP contribution is -2.16. The fraction of sp³-hybridized carbons (Fsp3) is 0.538. The van der Waals surface area contributed by atoms with Gasteiger partial charge in [0.2, 0.25) is 0 Å². The third kappa shape index (κ3) is 5.85. The van der Waals surface area contributed by atoms with Gasteiger partial charge in [0.15, 0.2) is 0 Å². The van der Waals surface area contributed by atoms with Crippen molar-refractivity contribution in [3.05, 3.63) is 35.9 Å². The number of aliphatic hydroxyl groups is 2. The van der Waals surface area contributed by atoms with Gasteiger partial charge in [-0.15, -0.1) is 0 Å². The highest BCUT2D eigenvalue weighted by atomic mass is 16.5. The Morgan fingerprint density at radius 3 is 2.50 bits per heavy atom. The average molecular weight is 224 g/mol. The number of hydrogen-bond acceptors (Lipinski definition) is 3. The molecule has 0 aliphatic rings. The van der Waals surface area contributed by atoms with Crippen molar-refractivity contribution in [3.63, 3.8) is 0 Å². The summed E-state index contributed by atoms with van der Waals surface area (Å²) in [6.45, 7) is 2.76. The van der Waals surface area contributed by atoms with E-state index < -0.39 is 12.2 Å². The summed E-state index contributed by atoms with van der Waals surface area (Å²) in [4.78, 5) is 0. The summed E-state index contributed by atoms with van der Waals surface area (Å²) in [5.41, 5.74) is 1.13. The first-order valence-electron chi connectivity index (χ1n) is 5.66. The van der Waals surface area contributed by atoms with Gasteiger partial charge in [-0.05, 0) is 25.3 Å². The topological polar surface area (TPSA) is 49.7 Å². The smallest absolute Gasteiger partial charge is 0.0716 e. The molecule has 0 aromatic heterocycles. The molecule has 0 spiro atoms. The summed E-state index contributed by atoms with van der Waals surface area (Å²) < 4.78 is 5.43. The van der Waals surface area contributed by atoms with E-state index in [0.29, 0.717) is 26.1 Å². The molecule has 0 radical (unpaired) electrons. The van der Waals surface area contributed by atoms with E-state index in [1.165, 1.54) is 0 Å². The molecule has 0 saturated carbocycles. The molecule has 0 saturated heterocycles. The SMILES string of the molecule is C[C@H](O)C[C@H](O)CCOCc1ccccc1. The lowest BCUT2D eigenvalue weighted by molar-refractivity contribution is 0.0461. The Morgan fingerprint density at radius 1 is 1.19 bits per heavy atom. The maximum atomic E-state index is 9.48. The van der Waals surface area contributed by atoms with Crippen LogP contribution in [0.2, 0.25) is 0 Å². The van der Waals surface area contributed by atoms with E-state index in [0.717, 1.165) is 5.56 Å². The first-order valence-corrected chi connectivity index (χ1v) is 5.66. The monoisotopic (exact) mass is 224 g/mol. The van der Waals surface area contributed by atoms with E-state index >= 15 is 0 Å². The summed E-state index contributed by atoms with van der Waals surface area (Å²) in [6.07, 6.45) is 0.0480. The fourth-order valence-electron chi connectivity index (χ4n) is 1.50. The molecular weight excluding hydrogens is 204 g/mol. The first-order chi connectivity index (χ1) is 7.68. The van der Waals surface area contributed by atoms with Gasteiger partial charge in [-0.25, -0.2) is 0 Å². The van der Waals surface area contributed by atoms with Crippen LogP contribution >= 0.6 is 0 Å². The predicted molar refractivity (Wildman–Crippen MR) is 63.0 cm³/mol. The second-order valence-corrected chi connectivity index (χ2v) is 4.07. The van der Waals surface area contributed by atoms with E-state index in [4.69, 9.17) is 9.84 Å². The zero-order valence-electron chi connectivity index (χ0n) is 9.67. The van der Waals surface area contributed by atoms with Gasteiger partial charge >= 0.3 is 0 Å².